The summed E-state index contributed by atoms with van der Waals surface area (Å²) in [7, 11) is 0. The Labute approximate surface area is 179 Å². The summed E-state index contributed by atoms with van der Waals surface area (Å²) in [6.45, 7) is 21.0. The van der Waals surface area contributed by atoms with E-state index in [9.17, 15) is 5.11 Å². The predicted molar refractivity (Wildman–Crippen MR) is 127 cm³/mol. The lowest BCUT2D eigenvalue weighted by Gasteiger charge is -2.34. The molecule has 0 aliphatic carbocycles. The molecule has 2 rings (SSSR count). The molecule has 1 N–H and O–H groups in total. The number of unbranched alkanes of at least 4 members (excludes halogenated alkanes) is 1. The van der Waals surface area contributed by atoms with E-state index in [0.29, 0.717) is 5.75 Å². The number of rotatable bonds is 5. The van der Waals surface area contributed by atoms with Crippen LogP contribution < -0.4 is 0 Å². The fraction of sp³-hybridized carbons (Fsp3) is 0.571. The molecule has 0 saturated carbocycles. The smallest absolute Gasteiger partial charge is 0.118 e. The zero-order valence-electron chi connectivity index (χ0n) is 20.2. The first-order valence-electron chi connectivity index (χ1n) is 11.2. The minimum atomic E-state index is 0.119. The summed E-state index contributed by atoms with van der Waals surface area (Å²) in [5, 5.41) is 10.0. The van der Waals surface area contributed by atoms with E-state index in [4.69, 9.17) is 0 Å². The van der Waals surface area contributed by atoms with Gasteiger partial charge in [0.05, 0.1) is 0 Å². The van der Waals surface area contributed by atoms with Gasteiger partial charge in [0.1, 0.15) is 5.75 Å². The number of hydrogen-bond acceptors (Lipinski definition) is 1. The SMILES string of the molecule is CC(C)(C)c1cc(C(C)(C)C)c(CCCCc2ccccc2O)c(C(C)(C)C)c1. The molecular weight excluding hydrogens is 352 g/mol. The maximum atomic E-state index is 10.0. The lowest BCUT2D eigenvalue weighted by Crippen LogP contribution is -2.24. The second kappa shape index (κ2) is 8.54. The van der Waals surface area contributed by atoms with Gasteiger partial charge in [0.25, 0.3) is 0 Å². The van der Waals surface area contributed by atoms with E-state index < -0.39 is 0 Å². The van der Waals surface area contributed by atoms with E-state index in [0.717, 1.165) is 31.2 Å². The maximum Gasteiger partial charge on any atom is 0.118 e. The average Bonchev–Trinajstić information content (AvgIpc) is 2.57. The number of aryl methyl sites for hydroxylation is 1. The highest BCUT2D eigenvalue weighted by Crippen LogP contribution is 2.39. The molecule has 0 saturated heterocycles. The van der Waals surface area contributed by atoms with Gasteiger partial charge in [-0.3, -0.25) is 0 Å². The van der Waals surface area contributed by atoms with Crippen molar-refractivity contribution in [3.05, 3.63) is 64.2 Å². The molecular formula is C28H42O. The summed E-state index contributed by atoms with van der Waals surface area (Å²) in [6, 6.07) is 12.7. The largest absolute Gasteiger partial charge is 0.508 e. The van der Waals surface area contributed by atoms with E-state index in [1.165, 1.54) is 22.3 Å². The Morgan fingerprint density at radius 2 is 1.14 bits per heavy atom. The summed E-state index contributed by atoms with van der Waals surface area (Å²) in [4.78, 5) is 0. The second-order valence-corrected chi connectivity index (χ2v) is 11.6. The Bertz CT molecular complexity index is 788. The highest BCUT2D eigenvalue weighted by Gasteiger charge is 2.28. The van der Waals surface area contributed by atoms with E-state index >= 15 is 0 Å². The molecule has 29 heavy (non-hydrogen) atoms. The second-order valence-electron chi connectivity index (χ2n) is 11.6. The van der Waals surface area contributed by atoms with Crippen molar-refractivity contribution in [1.29, 1.82) is 0 Å². The number of hydrogen-bond donors (Lipinski definition) is 1. The molecule has 0 fully saturated rings. The van der Waals surface area contributed by atoms with Crippen LogP contribution in [0.3, 0.4) is 0 Å². The first-order chi connectivity index (χ1) is 13.2. The molecule has 0 amide bonds. The van der Waals surface area contributed by atoms with E-state index in [2.05, 4.69) is 74.4 Å². The molecule has 0 unspecified atom stereocenters. The Balaban J connectivity index is 2.36. The normalized spacial score (nSPS) is 13.0. The number of para-hydroxylation sites is 1. The fourth-order valence-corrected chi connectivity index (χ4v) is 4.05. The van der Waals surface area contributed by atoms with Crippen molar-refractivity contribution in [2.75, 3.05) is 0 Å². The van der Waals surface area contributed by atoms with Crippen LogP contribution in [0.2, 0.25) is 0 Å². The van der Waals surface area contributed by atoms with Crippen molar-refractivity contribution in [2.24, 2.45) is 0 Å². The average molecular weight is 395 g/mol. The molecule has 0 aliphatic heterocycles. The molecule has 160 valence electrons. The molecule has 0 radical (unpaired) electrons. The van der Waals surface area contributed by atoms with Gasteiger partial charge in [0, 0.05) is 0 Å². The monoisotopic (exact) mass is 394 g/mol. The van der Waals surface area contributed by atoms with Crippen LogP contribution in [0.4, 0.5) is 0 Å². The van der Waals surface area contributed by atoms with Gasteiger partial charge in [-0.25, -0.2) is 0 Å². The van der Waals surface area contributed by atoms with Gasteiger partial charge in [0.2, 0.25) is 0 Å². The fourth-order valence-electron chi connectivity index (χ4n) is 4.05. The van der Waals surface area contributed by atoms with Crippen LogP contribution in [0.5, 0.6) is 5.75 Å². The Kier molecular flexibility index (Phi) is 6.93. The van der Waals surface area contributed by atoms with Crippen molar-refractivity contribution in [1.82, 2.24) is 0 Å². The molecule has 2 aromatic rings. The Morgan fingerprint density at radius 1 is 0.655 bits per heavy atom. The van der Waals surface area contributed by atoms with Gasteiger partial charge < -0.3 is 5.11 Å². The predicted octanol–water partition coefficient (Wildman–Crippen LogP) is 7.85. The van der Waals surface area contributed by atoms with Crippen LogP contribution in [0, 0.1) is 0 Å². The zero-order valence-corrected chi connectivity index (χ0v) is 20.2. The van der Waals surface area contributed by atoms with Gasteiger partial charge in [-0.1, -0.05) is 92.6 Å². The van der Waals surface area contributed by atoms with Crippen LogP contribution in [0.25, 0.3) is 0 Å². The molecule has 0 bridgehead atoms. The Hall–Kier alpha value is -1.76. The highest BCUT2D eigenvalue weighted by atomic mass is 16.3. The summed E-state index contributed by atoms with van der Waals surface area (Å²) in [5.41, 5.74) is 7.41. The molecule has 0 aromatic heterocycles. The number of aromatic hydroxyl groups is 1. The van der Waals surface area contributed by atoms with Crippen LogP contribution >= 0.6 is 0 Å². The van der Waals surface area contributed by atoms with Crippen molar-refractivity contribution >= 4 is 0 Å². The molecule has 0 heterocycles. The summed E-state index contributed by atoms with van der Waals surface area (Å²) in [5.74, 6) is 0.424. The van der Waals surface area contributed by atoms with Gasteiger partial charge >= 0.3 is 0 Å². The van der Waals surface area contributed by atoms with Crippen molar-refractivity contribution in [3.63, 3.8) is 0 Å². The quantitative estimate of drug-likeness (QED) is 0.512. The first-order valence-corrected chi connectivity index (χ1v) is 11.2. The van der Waals surface area contributed by atoms with Gasteiger partial charge in [-0.15, -0.1) is 0 Å². The summed E-state index contributed by atoms with van der Waals surface area (Å²) >= 11 is 0. The molecule has 0 spiro atoms. The minimum absolute atomic E-state index is 0.119. The van der Waals surface area contributed by atoms with Crippen molar-refractivity contribution < 1.29 is 5.11 Å². The Morgan fingerprint density at radius 3 is 1.59 bits per heavy atom. The van der Waals surface area contributed by atoms with Crippen molar-refractivity contribution in [2.45, 2.75) is 104 Å². The topological polar surface area (TPSA) is 20.2 Å². The summed E-state index contributed by atoms with van der Waals surface area (Å²) in [6.07, 6.45) is 4.25. The van der Waals surface area contributed by atoms with Crippen LogP contribution in [0.1, 0.15) is 103 Å². The van der Waals surface area contributed by atoms with Gasteiger partial charge in [0.15, 0.2) is 0 Å². The van der Waals surface area contributed by atoms with Crippen LogP contribution in [0.15, 0.2) is 36.4 Å². The zero-order chi connectivity index (χ0) is 22.0. The molecule has 0 atom stereocenters. The minimum Gasteiger partial charge on any atom is -0.508 e. The number of phenols is 1. The third-order valence-corrected chi connectivity index (χ3v) is 5.85. The van der Waals surface area contributed by atoms with Gasteiger partial charge in [-0.2, -0.15) is 0 Å². The van der Waals surface area contributed by atoms with E-state index in [1.807, 2.05) is 18.2 Å². The lowest BCUT2D eigenvalue weighted by atomic mass is 9.71. The standard InChI is InChI=1S/C28H42O/c1-26(2,3)21-18-23(27(4,5)6)22(24(19-21)28(7,8)9)16-12-10-14-20-15-11-13-17-25(20)29/h11,13,15,17-19,29H,10,12,14,16H2,1-9H3. The van der Waals surface area contributed by atoms with Crippen LogP contribution in [-0.4, -0.2) is 5.11 Å². The van der Waals surface area contributed by atoms with E-state index in [-0.39, 0.29) is 16.2 Å². The molecule has 1 nitrogen and oxygen atoms in total. The molecule has 0 aliphatic rings. The maximum absolute atomic E-state index is 10.0. The molecule has 2 aromatic carbocycles. The van der Waals surface area contributed by atoms with Gasteiger partial charge in [-0.05, 0) is 75.8 Å². The first kappa shape index (κ1) is 23.5. The number of phenolic OH excluding ortho intramolecular Hbond substituents is 1. The van der Waals surface area contributed by atoms with Crippen LogP contribution in [-0.2, 0) is 29.1 Å². The van der Waals surface area contributed by atoms with E-state index in [1.54, 1.807) is 6.07 Å². The molecule has 1 heteroatoms. The lowest BCUT2D eigenvalue weighted by molar-refractivity contribution is 0.466. The summed E-state index contributed by atoms with van der Waals surface area (Å²) < 4.78 is 0. The third-order valence-electron chi connectivity index (χ3n) is 5.85. The highest BCUT2D eigenvalue weighted by molar-refractivity contribution is 5.47. The number of benzene rings is 2. The van der Waals surface area contributed by atoms with Crippen molar-refractivity contribution in [3.8, 4) is 5.75 Å². The third kappa shape index (κ3) is 6.11.